The number of anilines is 1. The van der Waals surface area contributed by atoms with Crippen molar-refractivity contribution >= 4 is 11.7 Å². The Bertz CT molecular complexity index is 808. The van der Waals surface area contributed by atoms with Gasteiger partial charge in [-0.05, 0) is 51.3 Å². The van der Waals surface area contributed by atoms with Gasteiger partial charge in [0.2, 0.25) is 0 Å². The molecule has 1 aliphatic heterocycles. The fourth-order valence-corrected chi connectivity index (χ4v) is 3.21. The maximum Gasteiger partial charge on any atom is 0.330 e. The highest BCUT2D eigenvalue weighted by molar-refractivity contribution is 5.73. The minimum Gasteiger partial charge on any atom is -0.464 e. The molecule has 1 aromatic carbocycles. The molecule has 1 aliphatic rings. The summed E-state index contributed by atoms with van der Waals surface area (Å²) in [6, 6.07) is 10.6. The van der Waals surface area contributed by atoms with Crippen LogP contribution < -0.4 is 10.5 Å². The van der Waals surface area contributed by atoms with Crippen molar-refractivity contribution in [2.45, 2.75) is 39.2 Å². The highest BCUT2D eigenvalue weighted by atomic mass is 16.5. The molecular weight excluding hydrogens is 330 g/mol. The Hall–Kier alpha value is -2.63. The molecule has 1 atom stereocenters. The summed E-state index contributed by atoms with van der Waals surface area (Å²) in [4.78, 5) is 26.4. The van der Waals surface area contributed by atoms with Crippen LogP contribution in [0.3, 0.4) is 0 Å². The molecule has 6 heteroatoms. The number of hydrogen-bond donors (Lipinski definition) is 0. The maximum atomic E-state index is 12.1. The summed E-state index contributed by atoms with van der Waals surface area (Å²) in [6.07, 6.45) is 3.78. The molecule has 1 aromatic heterocycles. The number of carbonyl (C=O) groups is 1. The van der Waals surface area contributed by atoms with Crippen LogP contribution in [0.1, 0.15) is 39.2 Å². The van der Waals surface area contributed by atoms with Gasteiger partial charge in [-0.25, -0.2) is 9.48 Å². The number of benzene rings is 1. The molecule has 0 bridgehead atoms. The van der Waals surface area contributed by atoms with Gasteiger partial charge in [-0.15, -0.1) is 0 Å². The van der Waals surface area contributed by atoms with Crippen LogP contribution in [0.4, 0.5) is 5.69 Å². The summed E-state index contributed by atoms with van der Waals surface area (Å²) < 4.78 is 6.18. The maximum absolute atomic E-state index is 12.1. The predicted molar refractivity (Wildman–Crippen MR) is 101 cm³/mol. The first-order valence-corrected chi connectivity index (χ1v) is 9.22. The first-order valence-electron chi connectivity index (χ1n) is 9.22. The molecule has 26 heavy (non-hydrogen) atoms. The van der Waals surface area contributed by atoms with Crippen LogP contribution in [0.5, 0.6) is 0 Å². The SMILES string of the molecule is CCOC(=O)C(C)n1nc(-c2ccc(N3CCCCC3)cc2)ccc1=O. The molecular formula is C20H25N3O3. The summed E-state index contributed by atoms with van der Waals surface area (Å²) in [7, 11) is 0. The van der Waals surface area contributed by atoms with Crippen molar-refractivity contribution in [2.24, 2.45) is 0 Å². The Balaban J connectivity index is 1.84. The average molecular weight is 355 g/mol. The number of piperidine rings is 1. The van der Waals surface area contributed by atoms with Crippen molar-refractivity contribution < 1.29 is 9.53 Å². The first-order chi connectivity index (χ1) is 12.6. The average Bonchev–Trinajstić information content (AvgIpc) is 2.69. The van der Waals surface area contributed by atoms with Gasteiger partial charge in [0.25, 0.3) is 5.56 Å². The number of carbonyl (C=O) groups excluding carboxylic acids is 1. The zero-order valence-corrected chi connectivity index (χ0v) is 15.4. The van der Waals surface area contributed by atoms with Gasteiger partial charge in [0.1, 0.15) is 0 Å². The van der Waals surface area contributed by atoms with Crippen LogP contribution in [-0.4, -0.2) is 35.4 Å². The van der Waals surface area contributed by atoms with E-state index in [-0.39, 0.29) is 12.2 Å². The van der Waals surface area contributed by atoms with E-state index in [2.05, 4.69) is 22.1 Å². The number of hydrogen-bond acceptors (Lipinski definition) is 5. The van der Waals surface area contributed by atoms with E-state index in [1.807, 2.05) is 12.1 Å². The largest absolute Gasteiger partial charge is 0.464 e. The van der Waals surface area contributed by atoms with Crippen molar-refractivity contribution in [2.75, 3.05) is 24.6 Å². The normalized spacial score (nSPS) is 15.5. The molecule has 3 rings (SSSR count). The third-order valence-corrected chi connectivity index (χ3v) is 4.70. The van der Waals surface area contributed by atoms with E-state index in [0.29, 0.717) is 5.69 Å². The second-order valence-electron chi connectivity index (χ2n) is 6.52. The lowest BCUT2D eigenvalue weighted by atomic mass is 10.1. The number of esters is 1. The highest BCUT2D eigenvalue weighted by Crippen LogP contribution is 2.24. The molecule has 0 spiro atoms. The number of aromatic nitrogens is 2. The van der Waals surface area contributed by atoms with Crippen LogP contribution in [0, 0.1) is 0 Å². The lowest BCUT2D eigenvalue weighted by molar-refractivity contribution is -0.147. The van der Waals surface area contributed by atoms with Gasteiger partial charge in [0, 0.05) is 30.4 Å². The molecule has 0 radical (unpaired) electrons. The van der Waals surface area contributed by atoms with Crippen molar-refractivity contribution in [3.63, 3.8) is 0 Å². The van der Waals surface area contributed by atoms with Gasteiger partial charge < -0.3 is 9.64 Å². The molecule has 2 heterocycles. The topological polar surface area (TPSA) is 64.4 Å². The van der Waals surface area contributed by atoms with Crippen LogP contribution in [0.25, 0.3) is 11.3 Å². The summed E-state index contributed by atoms with van der Waals surface area (Å²) in [5.41, 5.74) is 2.46. The number of ether oxygens (including phenoxy) is 1. The molecule has 6 nitrogen and oxygen atoms in total. The third kappa shape index (κ3) is 3.95. The Labute approximate surface area is 153 Å². The zero-order valence-electron chi connectivity index (χ0n) is 15.4. The van der Waals surface area contributed by atoms with E-state index in [1.165, 1.54) is 35.7 Å². The minimum atomic E-state index is -0.755. The lowest BCUT2D eigenvalue weighted by Crippen LogP contribution is -2.31. The lowest BCUT2D eigenvalue weighted by Gasteiger charge is -2.28. The van der Waals surface area contributed by atoms with Gasteiger partial charge in [0.05, 0.1) is 12.3 Å². The van der Waals surface area contributed by atoms with E-state index in [4.69, 9.17) is 4.74 Å². The summed E-state index contributed by atoms with van der Waals surface area (Å²) in [5, 5.41) is 4.38. The van der Waals surface area contributed by atoms with E-state index in [9.17, 15) is 9.59 Å². The van der Waals surface area contributed by atoms with Crippen LogP contribution in [0.2, 0.25) is 0 Å². The van der Waals surface area contributed by atoms with Gasteiger partial charge in [0.15, 0.2) is 6.04 Å². The Morgan fingerprint density at radius 1 is 1.12 bits per heavy atom. The van der Waals surface area contributed by atoms with Gasteiger partial charge in [-0.2, -0.15) is 5.10 Å². The molecule has 0 N–H and O–H groups in total. The molecule has 0 aliphatic carbocycles. The minimum absolute atomic E-state index is 0.273. The molecule has 138 valence electrons. The summed E-state index contributed by atoms with van der Waals surface area (Å²) in [5.74, 6) is -0.459. The molecule has 0 amide bonds. The molecule has 1 saturated heterocycles. The fraction of sp³-hybridized carbons (Fsp3) is 0.450. The van der Waals surface area contributed by atoms with E-state index >= 15 is 0 Å². The highest BCUT2D eigenvalue weighted by Gasteiger charge is 2.19. The molecule has 2 aromatic rings. The number of nitrogens with zero attached hydrogens (tertiary/aromatic N) is 3. The molecule has 1 unspecified atom stereocenters. The zero-order chi connectivity index (χ0) is 18.5. The van der Waals surface area contributed by atoms with E-state index in [0.717, 1.165) is 18.7 Å². The Morgan fingerprint density at radius 2 is 1.81 bits per heavy atom. The van der Waals surface area contributed by atoms with Crippen LogP contribution in [-0.2, 0) is 9.53 Å². The second-order valence-corrected chi connectivity index (χ2v) is 6.52. The molecule has 0 saturated carbocycles. The Kier molecular flexibility index (Phi) is 5.71. The van der Waals surface area contributed by atoms with E-state index in [1.54, 1.807) is 19.9 Å². The van der Waals surface area contributed by atoms with Gasteiger partial charge in [-0.3, -0.25) is 4.79 Å². The summed E-state index contributed by atoms with van der Waals surface area (Å²) >= 11 is 0. The van der Waals surface area contributed by atoms with Crippen molar-refractivity contribution in [1.82, 2.24) is 9.78 Å². The number of rotatable bonds is 5. The van der Waals surface area contributed by atoms with Gasteiger partial charge >= 0.3 is 5.97 Å². The van der Waals surface area contributed by atoms with Gasteiger partial charge in [-0.1, -0.05) is 12.1 Å². The quantitative estimate of drug-likeness (QED) is 0.772. The second kappa shape index (κ2) is 8.17. The monoisotopic (exact) mass is 355 g/mol. The van der Waals surface area contributed by atoms with Crippen molar-refractivity contribution in [3.05, 3.63) is 46.8 Å². The van der Waals surface area contributed by atoms with Crippen molar-refractivity contribution in [1.29, 1.82) is 0 Å². The Morgan fingerprint density at radius 3 is 2.46 bits per heavy atom. The first kappa shape index (κ1) is 18.2. The third-order valence-electron chi connectivity index (χ3n) is 4.70. The van der Waals surface area contributed by atoms with E-state index < -0.39 is 12.0 Å². The smallest absolute Gasteiger partial charge is 0.330 e. The molecule has 1 fully saturated rings. The van der Waals surface area contributed by atoms with Crippen molar-refractivity contribution in [3.8, 4) is 11.3 Å². The van der Waals surface area contributed by atoms with Crippen LogP contribution >= 0.6 is 0 Å². The predicted octanol–water partition coefficient (Wildman–Crippen LogP) is 3.02. The standard InChI is InChI=1S/C20H25N3O3/c1-3-26-20(25)15(2)23-19(24)12-11-18(21-23)16-7-9-17(10-8-16)22-13-5-4-6-14-22/h7-12,15H,3-6,13-14H2,1-2H3. The summed E-state index contributed by atoms with van der Waals surface area (Å²) in [6.45, 7) is 5.82. The van der Waals surface area contributed by atoms with Crippen LogP contribution in [0.15, 0.2) is 41.2 Å². The fourth-order valence-electron chi connectivity index (χ4n) is 3.21.